The molecule has 0 aliphatic heterocycles. The summed E-state index contributed by atoms with van der Waals surface area (Å²) in [6.45, 7) is 5.16. The summed E-state index contributed by atoms with van der Waals surface area (Å²) in [7, 11) is -2.70. The standard InChI is InChI=1S/C28H31Cl2N3O4S/c1-5-26(28(35)31-4)32(17-21-10-6-19(2)7-11-21)27(34)18-33(24-15-22(29)14-23(30)16-24)38(36,37)25-12-8-20(3)9-13-25/h6-16,26H,5,17-18H2,1-4H3,(H,31,35). The van der Waals surface area contributed by atoms with Crippen LogP contribution in [-0.2, 0) is 26.2 Å². The molecule has 202 valence electrons. The summed E-state index contributed by atoms with van der Waals surface area (Å²) in [4.78, 5) is 28.1. The number of rotatable bonds is 10. The lowest BCUT2D eigenvalue weighted by atomic mass is 10.1. The van der Waals surface area contributed by atoms with Gasteiger partial charge in [-0.15, -0.1) is 0 Å². The van der Waals surface area contributed by atoms with Crippen molar-refractivity contribution < 1.29 is 18.0 Å². The number of halogens is 2. The second-order valence-electron chi connectivity index (χ2n) is 9.00. The Hall–Kier alpha value is -3.07. The van der Waals surface area contributed by atoms with E-state index in [0.29, 0.717) is 6.42 Å². The number of hydrogen-bond acceptors (Lipinski definition) is 4. The van der Waals surface area contributed by atoms with Crippen molar-refractivity contribution in [3.8, 4) is 0 Å². The molecule has 0 saturated carbocycles. The van der Waals surface area contributed by atoms with Gasteiger partial charge in [-0.25, -0.2) is 8.42 Å². The summed E-state index contributed by atoms with van der Waals surface area (Å²) in [5.74, 6) is -0.889. The van der Waals surface area contributed by atoms with Crippen molar-refractivity contribution in [1.29, 1.82) is 0 Å². The molecular formula is C28H31Cl2N3O4S. The van der Waals surface area contributed by atoms with Crippen LogP contribution in [0.15, 0.2) is 71.6 Å². The summed E-state index contributed by atoms with van der Waals surface area (Å²) in [5, 5.41) is 3.05. The maximum absolute atomic E-state index is 13.9. The Morgan fingerprint density at radius 3 is 1.92 bits per heavy atom. The van der Waals surface area contributed by atoms with Crippen LogP contribution in [0.3, 0.4) is 0 Å². The predicted molar refractivity (Wildman–Crippen MR) is 152 cm³/mol. The fourth-order valence-corrected chi connectivity index (χ4v) is 5.94. The van der Waals surface area contributed by atoms with Gasteiger partial charge >= 0.3 is 0 Å². The quantitative estimate of drug-likeness (QED) is 0.352. The summed E-state index contributed by atoms with van der Waals surface area (Å²) >= 11 is 12.4. The van der Waals surface area contributed by atoms with E-state index < -0.39 is 28.5 Å². The average Bonchev–Trinajstić information content (AvgIpc) is 2.87. The van der Waals surface area contributed by atoms with Crippen molar-refractivity contribution in [2.45, 2.75) is 44.7 Å². The number of benzene rings is 3. The smallest absolute Gasteiger partial charge is 0.264 e. The van der Waals surface area contributed by atoms with Crippen molar-refractivity contribution >= 4 is 50.7 Å². The van der Waals surface area contributed by atoms with E-state index in [9.17, 15) is 18.0 Å². The van der Waals surface area contributed by atoms with Gasteiger partial charge in [0.05, 0.1) is 10.6 Å². The number of likely N-dealkylation sites (N-methyl/N-ethyl adjacent to an activating group) is 1. The van der Waals surface area contributed by atoms with E-state index in [1.165, 1.54) is 42.3 Å². The number of anilines is 1. The molecule has 0 aliphatic carbocycles. The number of sulfonamides is 1. The molecule has 0 saturated heterocycles. The number of nitrogens with one attached hydrogen (secondary N) is 1. The van der Waals surface area contributed by atoms with Crippen LogP contribution in [0.4, 0.5) is 5.69 Å². The van der Waals surface area contributed by atoms with Gasteiger partial charge in [-0.2, -0.15) is 0 Å². The summed E-state index contributed by atoms with van der Waals surface area (Å²) in [6.07, 6.45) is 0.338. The number of nitrogens with zero attached hydrogens (tertiary/aromatic N) is 2. The van der Waals surface area contributed by atoms with Gasteiger partial charge < -0.3 is 10.2 Å². The molecule has 1 N–H and O–H groups in total. The van der Waals surface area contributed by atoms with Crippen LogP contribution in [0.25, 0.3) is 0 Å². The summed E-state index contributed by atoms with van der Waals surface area (Å²) in [6, 6.07) is 17.5. The molecular weight excluding hydrogens is 545 g/mol. The molecule has 3 aromatic carbocycles. The van der Waals surface area contributed by atoms with E-state index in [1.807, 2.05) is 38.1 Å². The average molecular weight is 577 g/mol. The van der Waals surface area contributed by atoms with Crippen LogP contribution in [0.2, 0.25) is 10.0 Å². The lowest BCUT2D eigenvalue weighted by Crippen LogP contribution is -2.51. The van der Waals surface area contributed by atoms with E-state index in [2.05, 4.69) is 5.32 Å². The van der Waals surface area contributed by atoms with Gasteiger partial charge in [0.25, 0.3) is 10.0 Å². The van der Waals surface area contributed by atoms with E-state index in [1.54, 1.807) is 19.1 Å². The molecule has 0 aliphatic rings. The van der Waals surface area contributed by atoms with Crippen LogP contribution in [0, 0.1) is 13.8 Å². The molecule has 10 heteroatoms. The zero-order chi connectivity index (χ0) is 28.0. The Morgan fingerprint density at radius 2 is 1.42 bits per heavy atom. The lowest BCUT2D eigenvalue weighted by molar-refractivity contribution is -0.140. The van der Waals surface area contributed by atoms with Crippen molar-refractivity contribution in [2.24, 2.45) is 0 Å². The Bertz CT molecular complexity index is 1370. The molecule has 0 heterocycles. The first kappa shape index (κ1) is 29.5. The summed E-state index contributed by atoms with van der Waals surface area (Å²) < 4.78 is 28.7. The lowest BCUT2D eigenvalue weighted by Gasteiger charge is -2.33. The van der Waals surface area contributed by atoms with Gasteiger partial charge in [-0.3, -0.25) is 13.9 Å². The van der Waals surface area contributed by atoms with Crippen LogP contribution in [-0.4, -0.2) is 44.8 Å². The highest BCUT2D eigenvalue weighted by atomic mass is 35.5. The molecule has 1 unspecified atom stereocenters. The molecule has 38 heavy (non-hydrogen) atoms. The normalized spacial score (nSPS) is 12.1. The first-order chi connectivity index (χ1) is 18.0. The molecule has 0 spiro atoms. The number of carbonyl (C=O) groups excluding carboxylic acids is 2. The van der Waals surface area contributed by atoms with Gasteiger partial charge in [0, 0.05) is 23.6 Å². The zero-order valence-corrected chi connectivity index (χ0v) is 24.1. The minimum Gasteiger partial charge on any atom is -0.357 e. The van der Waals surface area contributed by atoms with E-state index in [4.69, 9.17) is 23.2 Å². The molecule has 2 amide bonds. The van der Waals surface area contributed by atoms with Crippen LogP contribution in [0.5, 0.6) is 0 Å². The topological polar surface area (TPSA) is 86.8 Å². The highest BCUT2D eigenvalue weighted by molar-refractivity contribution is 7.92. The van der Waals surface area contributed by atoms with Crippen molar-refractivity contribution in [3.05, 3.63) is 93.5 Å². The Morgan fingerprint density at radius 1 is 0.895 bits per heavy atom. The highest BCUT2D eigenvalue weighted by Crippen LogP contribution is 2.30. The van der Waals surface area contributed by atoms with Gasteiger partial charge in [0.2, 0.25) is 11.8 Å². The maximum Gasteiger partial charge on any atom is 0.264 e. The molecule has 0 fully saturated rings. The van der Waals surface area contributed by atoms with Crippen LogP contribution >= 0.6 is 23.2 Å². The van der Waals surface area contributed by atoms with Gasteiger partial charge in [-0.1, -0.05) is 77.7 Å². The van der Waals surface area contributed by atoms with Crippen molar-refractivity contribution in [2.75, 3.05) is 17.9 Å². The second-order valence-corrected chi connectivity index (χ2v) is 11.7. The van der Waals surface area contributed by atoms with Crippen molar-refractivity contribution in [1.82, 2.24) is 10.2 Å². The SMILES string of the molecule is CCC(C(=O)NC)N(Cc1ccc(C)cc1)C(=O)CN(c1cc(Cl)cc(Cl)c1)S(=O)(=O)c1ccc(C)cc1. The van der Waals surface area contributed by atoms with Crippen LogP contribution < -0.4 is 9.62 Å². The predicted octanol–water partition coefficient (Wildman–Crippen LogP) is 5.36. The first-order valence-corrected chi connectivity index (χ1v) is 14.3. The van der Waals surface area contributed by atoms with Gasteiger partial charge in [0.15, 0.2) is 0 Å². The molecule has 0 aromatic heterocycles. The number of aryl methyl sites for hydroxylation is 2. The van der Waals surface area contributed by atoms with Crippen LogP contribution in [0.1, 0.15) is 30.0 Å². The molecule has 3 aromatic rings. The van der Waals surface area contributed by atoms with Crippen molar-refractivity contribution in [3.63, 3.8) is 0 Å². The van der Waals surface area contributed by atoms with Gasteiger partial charge in [-0.05, 0) is 56.2 Å². The third-order valence-electron chi connectivity index (χ3n) is 6.13. The fourth-order valence-electron chi connectivity index (χ4n) is 4.03. The fraction of sp³-hybridized carbons (Fsp3) is 0.286. The minimum atomic E-state index is -4.20. The maximum atomic E-state index is 13.9. The molecule has 0 bridgehead atoms. The Balaban J connectivity index is 2.09. The number of amides is 2. The third kappa shape index (κ3) is 7.07. The Labute approximate surface area is 234 Å². The number of hydrogen-bond donors (Lipinski definition) is 1. The highest BCUT2D eigenvalue weighted by Gasteiger charge is 2.33. The Kier molecular flexibility index (Phi) is 9.82. The van der Waals surface area contributed by atoms with E-state index in [0.717, 1.165) is 21.0 Å². The first-order valence-electron chi connectivity index (χ1n) is 12.1. The number of carbonyl (C=O) groups is 2. The third-order valence-corrected chi connectivity index (χ3v) is 8.35. The molecule has 1 atom stereocenters. The largest absolute Gasteiger partial charge is 0.357 e. The van der Waals surface area contributed by atoms with E-state index >= 15 is 0 Å². The second kappa shape index (κ2) is 12.7. The molecule has 0 radical (unpaired) electrons. The minimum absolute atomic E-state index is 0.00965. The zero-order valence-electron chi connectivity index (χ0n) is 21.7. The molecule has 7 nitrogen and oxygen atoms in total. The summed E-state index contributed by atoms with van der Waals surface area (Å²) in [5.41, 5.74) is 2.89. The van der Waals surface area contributed by atoms with E-state index in [-0.39, 0.29) is 33.1 Å². The van der Waals surface area contributed by atoms with Gasteiger partial charge in [0.1, 0.15) is 12.6 Å². The molecule has 3 rings (SSSR count). The monoisotopic (exact) mass is 575 g/mol.